The van der Waals surface area contributed by atoms with Gasteiger partial charge >= 0.3 is 0 Å². The molecule has 2 N–H and O–H groups in total. The van der Waals surface area contributed by atoms with Crippen LogP contribution >= 0.6 is 11.3 Å². The maximum atomic E-state index is 6.19. The molecule has 3 aromatic rings. The SMILES string of the molecule is Cn1nnc(CC(N)c2cc3ccccc3s2)n1. The number of aryl methyl sites for hydroxylation is 1. The molecule has 0 aliphatic carbocycles. The molecule has 0 saturated carbocycles. The Morgan fingerprint density at radius 3 is 2.94 bits per heavy atom. The zero-order valence-corrected chi connectivity index (χ0v) is 10.8. The first kappa shape index (κ1) is 11.3. The van der Waals surface area contributed by atoms with Crippen molar-refractivity contribution in [1.29, 1.82) is 0 Å². The van der Waals surface area contributed by atoms with E-state index < -0.39 is 0 Å². The van der Waals surface area contributed by atoms with E-state index >= 15 is 0 Å². The molecule has 0 saturated heterocycles. The Morgan fingerprint density at radius 2 is 2.22 bits per heavy atom. The van der Waals surface area contributed by atoms with Crippen molar-refractivity contribution >= 4 is 21.4 Å². The minimum absolute atomic E-state index is 0.0772. The molecule has 1 atom stereocenters. The number of thiophene rings is 1. The van der Waals surface area contributed by atoms with Crippen LogP contribution in [-0.4, -0.2) is 20.2 Å². The second-order valence-corrected chi connectivity index (χ2v) is 5.31. The van der Waals surface area contributed by atoms with E-state index in [0.717, 1.165) is 4.88 Å². The van der Waals surface area contributed by atoms with Crippen molar-refractivity contribution in [2.45, 2.75) is 12.5 Å². The molecule has 0 radical (unpaired) electrons. The Morgan fingerprint density at radius 1 is 1.39 bits per heavy atom. The van der Waals surface area contributed by atoms with Crippen molar-refractivity contribution in [1.82, 2.24) is 20.2 Å². The van der Waals surface area contributed by atoms with Gasteiger partial charge in [0.2, 0.25) is 0 Å². The Kier molecular flexibility index (Phi) is 2.81. The molecule has 0 amide bonds. The van der Waals surface area contributed by atoms with Crippen molar-refractivity contribution in [2.75, 3.05) is 0 Å². The van der Waals surface area contributed by atoms with Crippen LogP contribution in [-0.2, 0) is 13.5 Å². The van der Waals surface area contributed by atoms with E-state index in [9.17, 15) is 0 Å². The number of rotatable bonds is 3. The Bertz CT molecular complexity index is 639. The Hall–Kier alpha value is -1.79. The second kappa shape index (κ2) is 4.47. The zero-order chi connectivity index (χ0) is 12.5. The minimum Gasteiger partial charge on any atom is -0.323 e. The third-order valence-corrected chi connectivity index (χ3v) is 4.01. The summed E-state index contributed by atoms with van der Waals surface area (Å²) in [5, 5.41) is 13.2. The monoisotopic (exact) mass is 259 g/mol. The number of hydrogen-bond donors (Lipinski definition) is 1. The largest absolute Gasteiger partial charge is 0.323 e. The van der Waals surface area contributed by atoms with Gasteiger partial charge in [-0.25, -0.2) is 0 Å². The average molecular weight is 259 g/mol. The molecule has 0 fully saturated rings. The van der Waals surface area contributed by atoms with E-state index in [1.54, 1.807) is 18.4 Å². The predicted molar refractivity (Wildman–Crippen MR) is 71.3 cm³/mol. The first-order chi connectivity index (χ1) is 8.72. The van der Waals surface area contributed by atoms with Crippen LogP contribution in [0.3, 0.4) is 0 Å². The van der Waals surface area contributed by atoms with Gasteiger partial charge in [-0.1, -0.05) is 18.2 Å². The van der Waals surface area contributed by atoms with Gasteiger partial charge in [0.1, 0.15) is 0 Å². The van der Waals surface area contributed by atoms with E-state index in [1.165, 1.54) is 14.9 Å². The summed E-state index contributed by atoms with van der Waals surface area (Å²) < 4.78 is 1.26. The smallest absolute Gasteiger partial charge is 0.176 e. The maximum absolute atomic E-state index is 6.19. The number of nitrogens with zero attached hydrogens (tertiary/aromatic N) is 4. The molecular weight excluding hydrogens is 246 g/mol. The number of nitrogens with two attached hydrogens (primary N) is 1. The van der Waals surface area contributed by atoms with E-state index in [4.69, 9.17) is 5.73 Å². The lowest BCUT2D eigenvalue weighted by atomic mass is 10.1. The van der Waals surface area contributed by atoms with E-state index in [0.29, 0.717) is 12.2 Å². The van der Waals surface area contributed by atoms with Crippen LogP contribution in [0.4, 0.5) is 0 Å². The molecule has 5 nitrogen and oxygen atoms in total. The number of fused-ring (bicyclic) bond motifs is 1. The number of aromatic nitrogens is 4. The lowest BCUT2D eigenvalue weighted by Crippen LogP contribution is -2.12. The van der Waals surface area contributed by atoms with Crippen molar-refractivity contribution in [3.63, 3.8) is 0 Å². The standard InChI is InChI=1S/C12H13N5S/c1-17-15-12(14-16-17)7-9(13)11-6-8-4-2-3-5-10(8)18-11/h2-6,9H,7,13H2,1H3. The van der Waals surface area contributed by atoms with Gasteiger partial charge in [0, 0.05) is 22.0 Å². The third kappa shape index (κ3) is 2.12. The number of tetrazole rings is 1. The topological polar surface area (TPSA) is 69.6 Å². The van der Waals surface area contributed by atoms with Crippen molar-refractivity contribution in [2.24, 2.45) is 12.8 Å². The molecule has 92 valence electrons. The van der Waals surface area contributed by atoms with Crippen molar-refractivity contribution in [3.05, 3.63) is 41.0 Å². The van der Waals surface area contributed by atoms with Crippen LogP contribution in [0.2, 0.25) is 0 Å². The first-order valence-electron chi connectivity index (χ1n) is 5.69. The normalized spacial score (nSPS) is 13.0. The molecule has 3 rings (SSSR count). The summed E-state index contributed by atoms with van der Waals surface area (Å²) in [6.07, 6.45) is 0.612. The summed E-state index contributed by atoms with van der Waals surface area (Å²) in [4.78, 5) is 2.61. The van der Waals surface area contributed by atoms with Crippen molar-refractivity contribution < 1.29 is 0 Å². The summed E-state index contributed by atoms with van der Waals surface area (Å²) in [6.45, 7) is 0. The van der Waals surface area contributed by atoms with Crippen LogP contribution < -0.4 is 5.73 Å². The van der Waals surface area contributed by atoms with Gasteiger partial charge in [0.05, 0.1) is 7.05 Å². The maximum Gasteiger partial charge on any atom is 0.176 e. The molecule has 2 aromatic heterocycles. The van der Waals surface area contributed by atoms with E-state index in [1.807, 2.05) is 12.1 Å². The highest BCUT2D eigenvalue weighted by Crippen LogP contribution is 2.29. The molecule has 0 bridgehead atoms. The quantitative estimate of drug-likeness (QED) is 0.776. The highest BCUT2D eigenvalue weighted by molar-refractivity contribution is 7.19. The molecule has 18 heavy (non-hydrogen) atoms. The molecule has 6 heteroatoms. The van der Waals surface area contributed by atoms with Gasteiger partial charge in [0.15, 0.2) is 5.82 Å². The Labute approximate surface area is 108 Å². The Balaban J connectivity index is 1.85. The molecule has 0 aliphatic rings. The van der Waals surface area contributed by atoms with E-state index in [2.05, 4.69) is 33.6 Å². The molecule has 2 heterocycles. The van der Waals surface area contributed by atoms with Gasteiger partial charge in [-0.3, -0.25) is 0 Å². The fourth-order valence-electron chi connectivity index (χ4n) is 1.89. The molecule has 1 aromatic carbocycles. The van der Waals surface area contributed by atoms with Crippen LogP contribution in [0.25, 0.3) is 10.1 Å². The third-order valence-electron chi connectivity index (χ3n) is 2.76. The fraction of sp³-hybridized carbons (Fsp3) is 0.250. The van der Waals surface area contributed by atoms with Crippen LogP contribution in [0.5, 0.6) is 0 Å². The summed E-state index contributed by atoms with van der Waals surface area (Å²) in [6, 6.07) is 10.3. The summed E-state index contributed by atoms with van der Waals surface area (Å²) >= 11 is 1.72. The molecule has 0 aliphatic heterocycles. The van der Waals surface area contributed by atoms with Crippen LogP contribution in [0, 0.1) is 0 Å². The highest BCUT2D eigenvalue weighted by atomic mass is 32.1. The minimum atomic E-state index is -0.0772. The van der Waals surface area contributed by atoms with Crippen LogP contribution in [0.1, 0.15) is 16.7 Å². The molecular formula is C12H13N5S. The van der Waals surface area contributed by atoms with Gasteiger partial charge < -0.3 is 5.73 Å². The molecule has 0 spiro atoms. The van der Waals surface area contributed by atoms with Gasteiger partial charge in [-0.15, -0.1) is 21.5 Å². The van der Waals surface area contributed by atoms with Gasteiger partial charge in [0.25, 0.3) is 0 Å². The highest BCUT2D eigenvalue weighted by Gasteiger charge is 2.13. The van der Waals surface area contributed by atoms with Crippen molar-refractivity contribution in [3.8, 4) is 0 Å². The average Bonchev–Trinajstić information content (AvgIpc) is 2.95. The lowest BCUT2D eigenvalue weighted by Gasteiger charge is -2.05. The predicted octanol–water partition coefficient (Wildman–Crippen LogP) is 1.67. The zero-order valence-electron chi connectivity index (χ0n) is 9.95. The lowest BCUT2D eigenvalue weighted by molar-refractivity contribution is 0.623. The van der Waals surface area contributed by atoms with Gasteiger partial charge in [-0.05, 0) is 22.7 Å². The molecule has 1 unspecified atom stereocenters. The number of benzene rings is 1. The summed E-state index contributed by atoms with van der Waals surface area (Å²) in [7, 11) is 1.75. The van der Waals surface area contributed by atoms with Crippen LogP contribution in [0.15, 0.2) is 30.3 Å². The summed E-state index contributed by atoms with van der Waals surface area (Å²) in [5.74, 6) is 0.683. The van der Waals surface area contributed by atoms with Gasteiger partial charge in [-0.2, -0.15) is 4.80 Å². The second-order valence-electron chi connectivity index (χ2n) is 4.19. The summed E-state index contributed by atoms with van der Waals surface area (Å²) in [5.41, 5.74) is 6.19. The fourth-order valence-corrected chi connectivity index (χ4v) is 2.95. The van der Waals surface area contributed by atoms with E-state index in [-0.39, 0.29) is 6.04 Å². The number of hydrogen-bond acceptors (Lipinski definition) is 5. The first-order valence-corrected chi connectivity index (χ1v) is 6.51.